The van der Waals surface area contributed by atoms with Crippen molar-refractivity contribution >= 4 is 11.6 Å². The number of pyridine rings is 1. The molecule has 4 rings (SSSR count). The highest BCUT2D eigenvalue weighted by molar-refractivity contribution is 5.79. The number of carbonyl (C=O) groups is 1. The first-order valence-corrected chi connectivity index (χ1v) is 8.78. The maximum Gasteiger partial charge on any atom is 0.226 e. The van der Waals surface area contributed by atoms with Crippen LogP contribution < -0.4 is 9.64 Å². The van der Waals surface area contributed by atoms with E-state index < -0.39 is 0 Å². The molecule has 7 nitrogen and oxygen atoms in total. The fraction of sp³-hybridized carbons (Fsp3) is 0.500. The van der Waals surface area contributed by atoms with E-state index in [1.165, 1.54) is 0 Å². The molecule has 132 valence electrons. The van der Waals surface area contributed by atoms with E-state index in [1.54, 1.807) is 19.5 Å². The molecular formula is C18H23N5O2. The number of carbonyl (C=O) groups excluding carboxylic acids is 1. The molecule has 1 saturated heterocycles. The smallest absolute Gasteiger partial charge is 0.226 e. The van der Waals surface area contributed by atoms with Gasteiger partial charge in [0.15, 0.2) is 5.75 Å². The van der Waals surface area contributed by atoms with Crippen molar-refractivity contribution in [1.82, 2.24) is 19.4 Å². The Morgan fingerprint density at radius 1 is 1.20 bits per heavy atom. The van der Waals surface area contributed by atoms with Gasteiger partial charge in [0.1, 0.15) is 5.82 Å². The lowest BCUT2D eigenvalue weighted by Gasteiger charge is -2.38. The Morgan fingerprint density at radius 2 is 2.04 bits per heavy atom. The predicted molar refractivity (Wildman–Crippen MR) is 93.6 cm³/mol. The number of ether oxygens (including phenoxy) is 1. The molecule has 1 fully saturated rings. The van der Waals surface area contributed by atoms with Gasteiger partial charge in [0, 0.05) is 63.7 Å². The summed E-state index contributed by atoms with van der Waals surface area (Å²) in [6.07, 6.45) is 8.99. The van der Waals surface area contributed by atoms with Crippen molar-refractivity contribution in [2.45, 2.75) is 19.4 Å². The minimum absolute atomic E-state index is 0.0666. The fourth-order valence-corrected chi connectivity index (χ4v) is 3.78. The van der Waals surface area contributed by atoms with Crippen LogP contribution in [-0.4, -0.2) is 58.6 Å². The van der Waals surface area contributed by atoms with Gasteiger partial charge in [0.25, 0.3) is 0 Å². The molecule has 0 radical (unpaired) electrons. The zero-order chi connectivity index (χ0) is 17.2. The zero-order valence-electron chi connectivity index (χ0n) is 14.5. The first kappa shape index (κ1) is 15.9. The molecule has 2 aliphatic rings. The lowest BCUT2D eigenvalue weighted by Crippen LogP contribution is -2.51. The van der Waals surface area contributed by atoms with Gasteiger partial charge in [-0.25, -0.2) is 4.98 Å². The zero-order valence-corrected chi connectivity index (χ0v) is 14.5. The molecule has 0 saturated carbocycles. The van der Waals surface area contributed by atoms with Crippen LogP contribution in [0.2, 0.25) is 0 Å². The van der Waals surface area contributed by atoms with E-state index in [9.17, 15) is 4.79 Å². The summed E-state index contributed by atoms with van der Waals surface area (Å²) < 4.78 is 7.55. The van der Waals surface area contributed by atoms with Crippen molar-refractivity contribution in [3.63, 3.8) is 0 Å². The molecule has 1 atom stereocenters. The van der Waals surface area contributed by atoms with Crippen molar-refractivity contribution in [3.8, 4) is 5.75 Å². The molecule has 2 aromatic rings. The van der Waals surface area contributed by atoms with Crippen LogP contribution in [0.3, 0.4) is 0 Å². The van der Waals surface area contributed by atoms with E-state index in [4.69, 9.17) is 4.74 Å². The minimum Gasteiger partial charge on any atom is -0.493 e. The first-order chi connectivity index (χ1) is 12.3. The van der Waals surface area contributed by atoms with Crippen LogP contribution in [0.15, 0.2) is 30.9 Å². The predicted octanol–water partition coefficient (Wildman–Crippen LogP) is 1.20. The summed E-state index contributed by atoms with van der Waals surface area (Å²) in [7, 11) is 1.66. The Labute approximate surface area is 147 Å². The molecule has 0 bridgehead atoms. The number of amides is 1. The van der Waals surface area contributed by atoms with Crippen molar-refractivity contribution in [2.75, 3.05) is 38.2 Å². The number of imidazole rings is 1. The molecule has 25 heavy (non-hydrogen) atoms. The largest absolute Gasteiger partial charge is 0.493 e. The maximum absolute atomic E-state index is 12.9. The maximum atomic E-state index is 12.9. The molecule has 1 unspecified atom stereocenters. The lowest BCUT2D eigenvalue weighted by molar-refractivity contribution is -0.136. The fourth-order valence-electron chi connectivity index (χ4n) is 3.78. The number of nitrogens with zero attached hydrogens (tertiary/aromatic N) is 5. The summed E-state index contributed by atoms with van der Waals surface area (Å²) in [5, 5.41) is 0. The van der Waals surface area contributed by atoms with Gasteiger partial charge in [0.05, 0.1) is 19.0 Å². The molecule has 2 aromatic heterocycles. The minimum atomic E-state index is 0.0666. The molecular weight excluding hydrogens is 318 g/mol. The Hall–Kier alpha value is -2.57. The van der Waals surface area contributed by atoms with Crippen molar-refractivity contribution in [3.05, 3.63) is 36.7 Å². The molecule has 0 aromatic carbocycles. The van der Waals surface area contributed by atoms with E-state index in [2.05, 4.69) is 19.4 Å². The standard InChI is InChI=1S/C18H23N5O2/c1-25-16-13-19-4-2-15(16)21-8-10-23(11-9-21)18(24)14-3-6-22-7-5-20-17(22)12-14/h2,4-5,7,13-14H,3,6,8-12H2,1H3. The van der Waals surface area contributed by atoms with Gasteiger partial charge in [-0.2, -0.15) is 0 Å². The van der Waals surface area contributed by atoms with E-state index in [1.807, 2.05) is 23.4 Å². The topological polar surface area (TPSA) is 63.5 Å². The number of piperazine rings is 1. The number of hydrogen-bond donors (Lipinski definition) is 0. The highest BCUT2D eigenvalue weighted by Crippen LogP contribution is 2.28. The molecule has 0 aliphatic carbocycles. The Bertz CT molecular complexity index is 751. The number of fused-ring (bicyclic) bond motifs is 1. The molecule has 0 spiro atoms. The molecule has 1 amide bonds. The van der Waals surface area contributed by atoms with Crippen LogP contribution in [0.4, 0.5) is 5.69 Å². The summed E-state index contributed by atoms with van der Waals surface area (Å²) >= 11 is 0. The second-order valence-corrected chi connectivity index (χ2v) is 6.59. The van der Waals surface area contributed by atoms with Gasteiger partial charge in [-0.1, -0.05) is 0 Å². The third-order valence-electron chi connectivity index (χ3n) is 5.21. The quantitative estimate of drug-likeness (QED) is 0.839. The van der Waals surface area contributed by atoms with E-state index >= 15 is 0 Å². The average Bonchev–Trinajstić information content (AvgIpc) is 3.15. The molecule has 2 aliphatic heterocycles. The number of methoxy groups -OCH3 is 1. The van der Waals surface area contributed by atoms with Gasteiger partial charge >= 0.3 is 0 Å². The SMILES string of the molecule is COc1cnccc1N1CCN(C(=O)C2CCn3ccnc3C2)CC1. The van der Waals surface area contributed by atoms with Crippen molar-refractivity contribution in [2.24, 2.45) is 5.92 Å². The highest BCUT2D eigenvalue weighted by Gasteiger charge is 2.31. The Morgan fingerprint density at radius 3 is 2.84 bits per heavy atom. The number of aryl methyl sites for hydroxylation is 1. The lowest BCUT2D eigenvalue weighted by atomic mass is 9.96. The van der Waals surface area contributed by atoms with Gasteiger partial charge < -0.3 is 19.1 Å². The van der Waals surface area contributed by atoms with Gasteiger partial charge in [-0.05, 0) is 12.5 Å². The first-order valence-electron chi connectivity index (χ1n) is 8.78. The second-order valence-electron chi connectivity index (χ2n) is 6.59. The van der Waals surface area contributed by atoms with E-state index in [0.717, 1.165) is 62.8 Å². The number of anilines is 1. The van der Waals surface area contributed by atoms with Crippen LogP contribution in [0, 0.1) is 5.92 Å². The van der Waals surface area contributed by atoms with Gasteiger partial charge in [0.2, 0.25) is 5.91 Å². The Balaban J connectivity index is 1.38. The summed E-state index contributed by atoms with van der Waals surface area (Å²) in [6.45, 7) is 4.01. The Kier molecular flexibility index (Phi) is 4.29. The van der Waals surface area contributed by atoms with Crippen LogP contribution in [0.25, 0.3) is 0 Å². The van der Waals surface area contributed by atoms with Crippen LogP contribution in [0.5, 0.6) is 5.75 Å². The monoisotopic (exact) mass is 341 g/mol. The number of aromatic nitrogens is 3. The third-order valence-corrected chi connectivity index (χ3v) is 5.21. The summed E-state index contributed by atoms with van der Waals surface area (Å²) in [6, 6.07) is 1.97. The number of rotatable bonds is 3. The molecule has 0 N–H and O–H groups in total. The van der Waals surface area contributed by atoms with Crippen molar-refractivity contribution in [1.29, 1.82) is 0 Å². The van der Waals surface area contributed by atoms with Gasteiger partial charge in [-0.3, -0.25) is 9.78 Å². The summed E-state index contributed by atoms with van der Waals surface area (Å²) in [4.78, 5) is 25.6. The highest BCUT2D eigenvalue weighted by atomic mass is 16.5. The van der Waals surface area contributed by atoms with Crippen LogP contribution >= 0.6 is 0 Å². The van der Waals surface area contributed by atoms with Crippen molar-refractivity contribution < 1.29 is 9.53 Å². The second kappa shape index (κ2) is 6.74. The average molecular weight is 341 g/mol. The normalized spacial score (nSPS) is 20.3. The summed E-state index contributed by atoms with van der Waals surface area (Å²) in [5.74, 6) is 2.15. The molecule has 7 heteroatoms. The third kappa shape index (κ3) is 3.06. The number of hydrogen-bond acceptors (Lipinski definition) is 5. The van der Waals surface area contributed by atoms with Crippen LogP contribution in [-0.2, 0) is 17.8 Å². The van der Waals surface area contributed by atoms with E-state index in [-0.39, 0.29) is 11.8 Å². The molecule has 4 heterocycles. The van der Waals surface area contributed by atoms with Gasteiger partial charge in [-0.15, -0.1) is 0 Å². The van der Waals surface area contributed by atoms with E-state index in [0.29, 0.717) is 0 Å². The summed E-state index contributed by atoms with van der Waals surface area (Å²) in [5.41, 5.74) is 1.05. The van der Waals surface area contributed by atoms with Crippen LogP contribution in [0.1, 0.15) is 12.2 Å².